The van der Waals surface area contributed by atoms with Crippen LogP contribution in [-0.2, 0) is 14.8 Å². The fourth-order valence-electron chi connectivity index (χ4n) is 1.48. The number of carbonyl (C=O) groups excluding carboxylic acids is 1. The van der Waals surface area contributed by atoms with Gasteiger partial charge in [-0.15, -0.1) is 11.6 Å². The van der Waals surface area contributed by atoms with E-state index >= 15 is 0 Å². The summed E-state index contributed by atoms with van der Waals surface area (Å²) in [7, 11) is -1.68. The second kappa shape index (κ2) is 5.33. The number of likely N-dealkylation sites (N-methyl/N-ethyl adjacent to an activating group) is 1. The second-order valence-corrected chi connectivity index (χ2v) is 6.51. The summed E-state index contributed by atoms with van der Waals surface area (Å²) in [6, 6.07) is 0. The Morgan fingerprint density at radius 3 is 2.56 bits per heavy atom. The maximum atomic E-state index is 11.9. The van der Waals surface area contributed by atoms with Crippen molar-refractivity contribution in [2.24, 2.45) is 5.92 Å². The van der Waals surface area contributed by atoms with Gasteiger partial charge in [0.05, 0.1) is 12.3 Å². The van der Waals surface area contributed by atoms with Gasteiger partial charge in [-0.3, -0.25) is 4.79 Å². The highest BCUT2D eigenvalue weighted by molar-refractivity contribution is 7.89. The number of nitrogens with zero attached hydrogens (tertiary/aromatic N) is 2. The van der Waals surface area contributed by atoms with Crippen LogP contribution in [0.1, 0.15) is 6.92 Å². The molecule has 0 spiro atoms. The van der Waals surface area contributed by atoms with Gasteiger partial charge in [-0.1, -0.05) is 6.92 Å². The molecule has 1 rings (SSSR count). The SMILES string of the molecule is CC(CCl)CS(=O)(=O)N1CCN(C)C(=O)C1. The molecule has 0 aromatic heterocycles. The molecule has 1 unspecified atom stereocenters. The Hall–Kier alpha value is -0.330. The first-order valence-corrected chi connectivity index (χ1v) is 7.29. The van der Waals surface area contributed by atoms with Crippen molar-refractivity contribution in [3.8, 4) is 0 Å². The van der Waals surface area contributed by atoms with Gasteiger partial charge in [0.1, 0.15) is 0 Å². The molecule has 5 nitrogen and oxygen atoms in total. The summed E-state index contributed by atoms with van der Waals surface area (Å²) >= 11 is 5.59. The molecule has 94 valence electrons. The first-order chi connectivity index (χ1) is 7.36. The van der Waals surface area contributed by atoms with Gasteiger partial charge in [-0.05, 0) is 5.92 Å². The van der Waals surface area contributed by atoms with Crippen LogP contribution in [0.3, 0.4) is 0 Å². The molecule has 1 atom stereocenters. The zero-order valence-corrected chi connectivity index (χ0v) is 11.1. The van der Waals surface area contributed by atoms with E-state index in [1.807, 2.05) is 0 Å². The van der Waals surface area contributed by atoms with Crippen LogP contribution in [0.5, 0.6) is 0 Å². The lowest BCUT2D eigenvalue weighted by Gasteiger charge is -2.31. The third-order valence-electron chi connectivity index (χ3n) is 2.57. The Balaban J connectivity index is 2.67. The summed E-state index contributed by atoms with van der Waals surface area (Å²) in [6.45, 7) is 2.56. The fraction of sp³-hybridized carbons (Fsp3) is 0.889. The number of sulfonamides is 1. The van der Waals surface area contributed by atoms with Gasteiger partial charge in [0.15, 0.2) is 0 Å². The van der Waals surface area contributed by atoms with E-state index in [0.717, 1.165) is 0 Å². The number of piperazine rings is 1. The Labute approximate surface area is 101 Å². The van der Waals surface area contributed by atoms with Crippen molar-refractivity contribution < 1.29 is 13.2 Å². The van der Waals surface area contributed by atoms with Gasteiger partial charge in [-0.2, -0.15) is 4.31 Å². The molecule has 7 heteroatoms. The van der Waals surface area contributed by atoms with Gasteiger partial charge in [0.2, 0.25) is 15.9 Å². The Morgan fingerprint density at radius 2 is 2.06 bits per heavy atom. The summed E-state index contributed by atoms with van der Waals surface area (Å²) in [5.41, 5.74) is 0. The van der Waals surface area contributed by atoms with Crippen LogP contribution in [0.25, 0.3) is 0 Å². The maximum Gasteiger partial charge on any atom is 0.237 e. The van der Waals surface area contributed by atoms with Crippen LogP contribution in [0.2, 0.25) is 0 Å². The lowest BCUT2D eigenvalue weighted by atomic mass is 10.3. The van der Waals surface area contributed by atoms with Gasteiger partial charge >= 0.3 is 0 Å². The second-order valence-electron chi connectivity index (χ2n) is 4.19. The van der Waals surface area contributed by atoms with Crippen LogP contribution in [0.15, 0.2) is 0 Å². The van der Waals surface area contributed by atoms with Crippen LogP contribution >= 0.6 is 11.6 Å². The lowest BCUT2D eigenvalue weighted by Crippen LogP contribution is -2.51. The highest BCUT2D eigenvalue weighted by Gasteiger charge is 2.30. The summed E-state index contributed by atoms with van der Waals surface area (Å²) in [5.74, 6) is 0.0591. The van der Waals surface area contributed by atoms with Gasteiger partial charge in [0.25, 0.3) is 0 Å². The van der Waals surface area contributed by atoms with E-state index in [4.69, 9.17) is 11.6 Å². The number of halogens is 1. The van der Waals surface area contributed by atoms with Crippen molar-refractivity contribution in [2.45, 2.75) is 6.92 Å². The molecule has 0 saturated carbocycles. The standard InChI is InChI=1S/C9H17ClN2O3S/c1-8(5-10)7-16(14,15)12-4-3-11(2)9(13)6-12/h8H,3-7H2,1-2H3. The molecule has 1 amide bonds. The van der Waals surface area contributed by atoms with Crippen LogP contribution in [0.4, 0.5) is 0 Å². The first kappa shape index (κ1) is 13.7. The molecule has 1 aliphatic heterocycles. The molecule has 0 radical (unpaired) electrons. The van der Waals surface area contributed by atoms with E-state index < -0.39 is 10.0 Å². The number of alkyl halides is 1. The number of hydrogen-bond donors (Lipinski definition) is 0. The number of hydrogen-bond acceptors (Lipinski definition) is 3. The van der Waals surface area contributed by atoms with Crippen molar-refractivity contribution in [1.82, 2.24) is 9.21 Å². The summed E-state index contributed by atoms with van der Waals surface area (Å²) < 4.78 is 25.1. The van der Waals surface area contributed by atoms with E-state index in [1.165, 1.54) is 9.21 Å². The topological polar surface area (TPSA) is 57.7 Å². The van der Waals surface area contributed by atoms with E-state index in [-0.39, 0.29) is 24.1 Å². The minimum absolute atomic E-state index is 0.00743. The largest absolute Gasteiger partial charge is 0.343 e. The third-order valence-corrected chi connectivity index (χ3v) is 5.19. The Kier molecular flexibility index (Phi) is 4.58. The molecule has 1 aliphatic rings. The predicted molar refractivity (Wildman–Crippen MR) is 62.9 cm³/mol. The van der Waals surface area contributed by atoms with Crippen molar-refractivity contribution in [3.63, 3.8) is 0 Å². The molecule has 1 fully saturated rings. The van der Waals surface area contributed by atoms with Gasteiger partial charge in [0, 0.05) is 26.0 Å². The smallest absolute Gasteiger partial charge is 0.237 e. The summed E-state index contributed by atoms with van der Waals surface area (Å²) in [4.78, 5) is 12.9. The number of carbonyl (C=O) groups is 1. The zero-order valence-electron chi connectivity index (χ0n) is 9.52. The van der Waals surface area contributed by atoms with E-state index in [9.17, 15) is 13.2 Å². The molecular weight excluding hydrogens is 252 g/mol. The van der Waals surface area contributed by atoms with Gasteiger partial charge in [-0.25, -0.2) is 8.42 Å². The quantitative estimate of drug-likeness (QED) is 0.673. The molecule has 0 aliphatic carbocycles. The molecule has 0 aromatic rings. The van der Waals surface area contributed by atoms with Crippen molar-refractivity contribution in [1.29, 1.82) is 0 Å². The van der Waals surface area contributed by atoms with Crippen molar-refractivity contribution >= 4 is 27.5 Å². The Morgan fingerprint density at radius 1 is 1.44 bits per heavy atom. The molecule has 16 heavy (non-hydrogen) atoms. The first-order valence-electron chi connectivity index (χ1n) is 5.14. The molecular formula is C9H17ClN2O3S. The van der Waals surface area contributed by atoms with E-state index in [2.05, 4.69) is 0 Å². The normalized spacial score (nSPS) is 21.2. The highest BCUT2D eigenvalue weighted by atomic mass is 35.5. The third kappa shape index (κ3) is 3.33. The average molecular weight is 269 g/mol. The molecule has 0 bridgehead atoms. The van der Waals surface area contributed by atoms with Crippen LogP contribution in [-0.4, -0.2) is 61.8 Å². The van der Waals surface area contributed by atoms with Crippen molar-refractivity contribution in [3.05, 3.63) is 0 Å². The monoisotopic (exact) mass is 268 g/mol. The minimum atomic E-state index is -3.35. The molecule has 1 saturated heterocycles. The molecule has 0 N–H and O–H groups in total. The summed E-state index contributed by atoms with van der Waals surface area (Å²) in [5, 5.41) is 0. The molecule has 1 heterocycles. The number of rotatable bonds is 4. The Bertz CT molecular complexity index is 358. The zero-order chi connectivity index (χ0) is 12.3. The maximum absolute atomic E-state index is 11.9. The number of amides is 1. The van der Waals surface area contributed by atoms with Crippen LogP contribution in [0, 0.1) is 5.92 Å². The average Bonchev–Trinajstić information content (AvgIpc) is 2.21. The minimum Gasteiger partial charge on any atom is -0.343 e. The molecule has 0 aromatic carbocycles. The highest BCUT2D eigenvalue weighted by Crippen LogP contribution is 2.12. The van der Waals surface area contributed by atoms with Crippen molar-refractivity contribution in [2.75, 3.05) is 38.3 Å². The van der Waals surface area contributed by atoms with Gasteiger partial charge < -0.3 is 4.90 Å². The fourth-order valence-corrected chi connectivity index (χ4v) is 3.44. The van der Waals surface area contributed by atoms with E-state index in [1.54, 1.807) is 14.0 Å². The van der Waals surface area contributed by atoms with Crippen LogP contribution < -0.4 is 0 Å². The lowest BCUT2D eigenvalue weighted by molar-refractivity contribution is -0.132. The summed E-state index contributed by atoms with van der Waals surface area (Å²) in [6.07, 6.45) is 0. The van der Waals surface area contributed by atoms with E-state index in [0.29, 0.717) is 19.0 Å². The predicted octanol–water partition coefficient (Wildman–Crippen LogP) is -0.0349.